The van der Waals surface area contributed by atoms with Crippen LogP contribution in [0.25, 0.3) is 0 Å². The van der Waals surface area contributed by atoms with Gasteiger partial charge in [0.25, 0.3) is 0 Å². The maximum Gasteiger partial charge on any atom is 3.00 e. The molecule has 0 aromatic rings. The Balaban J connectivity index is 0. The smallest absolute Gasteiger partial charge is 2.00 e. The van der Waals surface area contributed by atoms with Crippen LogP contribution in [-0.4, -0.2) is 51.7 Å². The third kappa shape index (κ3) is 38.5. The molecule has 0 saturated carbocycles. The maximum absolute atomic E-state index is 0. The molecule has 0 aliphatic carbocycles. The minimum atomic E-state index is 0. The van der Waals surface area contributed by atoms with E-state index < -0.39 is 0 Å². The summed E-state index contributed by atoms with van der Waals surface area (Å²) in [5.41, 5.74) is 0. The Bertz CT molecular complexity index is 13.7. The van der Waals surface area contributed by atoms with E-state index in [-0.39, 0.29) is 143 Å². The Morgan fingerprint density at radius 1 is 0.571 bits per heavy atom. The van der Waals surface area contributed by atoms with Crippen molar-refractivity contribution in [3.05, 3.63) is 0 Å². The van der Waals surface area contributed by atoms with Crippen LogP contribution >= 0.6 is 0 Å². The molecule has 17 valence electrons. The first kappa shape index (κ1) is 65.0. The summed E-state index contributed by atoms with van der Waals surface area (Å²) in [6.07, 6.45) is 0. The zero-order valence-electron chi connectivity index (χ0n) is 3.89. The van der Waals surface area contributed by atoms with E-state index in [0.29, 0.717) is 0 Å². The van der Waals surface area contributed by atoms with Gasteiger partial charge in [-0.3, -0.25) is 0 Å². The average molecular weight is 533 g/mol. The van der Waals surface area contributed by atoms with Crippen LogP contribution < -0.4 is 0 Å². The van der Waals surface area contributed by atoms with Crippen LogP contribution in [0.1, 0.15) is 0 Å². The molecule has 0 N–H and O–H groups in total. The van der Waals surface area contributed by atoms with Gasteiger partial charge in [-0.25, -0.2) is 0 Å². The molecule has 0 fully saturated rings. The Morgan fingerprint density at radius 2 is 0.571 bits per heavy atom. The molecule has 0 saturated heterocycles. The summed E-state index contributed by atoms with van der Waals surface area (Å²) in [6, 6.07) is 0. The van der Waals surface area contributed by atoms with Crippen molar-refractivity contribution in [2.75, 3.05) is 0 Å². The molecule has 0 atom stereocenters. The summed E-state index contributed by atoms with van der Waals surface area (Å²) < 4.78 is 0. The minimum absolute atomic E-state index is 0. The molecule has 2 nitrogen and oxygen atoms in total. The van der Waals surface area contributed by atoms with Crippen LogP contribution in [0.3, 0.4) is 0 Å². The van der Waals surface area contributed by atoms with Crippen molar-refractivity contribution in [2.24, 2.45) is 0 Å². The van der Waals surface area contributed by atoms with Crippen LogP contribution in [-0.2, 0) is 49.9 Å². The van der Waals surface area contributed by atoms with E-state index >= 15 is 0 Å². The Hall–Kier alpha value is 4.28. The molecule has 0 aliphatic rings. The topological polar surface area (TPSA) is 57.0 Å². The van der Waals surface area contributed by atoms with E-state index in [9.17, 15) is 0 Å². The second kappa shape index (κ2) is 48.3. The van der Waals surface area contributed by atoms with Crippen molar-refractivity contribution in [1.82, 2.24) is 0 Å². The quantitative estimate of drug-likeness (QED) is 0.360. The zero-order valence-corrected chi connectivity index (χ0v) is 19.6. The summed E-state index contributed by atoms with van der Waals surface area (Å²) in [4.78, 5) is 0. The van der Waals surface area contributed by atoms with Crippen LogP contribution in [0.4, 0.5) is 0 Å². The Labute approximate surface area is 140 Å². The zero-order chi connectivity index (χ0) is 0. The molecule has 0 aromatic heterocycles. The van der Waals surface area contributed by atoms with Crippen molar-refractivity contribution >= 4 is 51.7 Å². The van der Waals surface area contributed by atoms with Crippen molar-refractivity contribution in [3.8, 4) is 0 Å². The molecule has 0 spiro atoms. The van der Waals surface area contributed by atoms with Gasteiger partial charge in [0.2, 0.25) is 0 Å². The number of rotatable bonds is 0. The first-order valence-electron chi connectivity index (χ1n) is 0. The predicted octanol–water partition coefficient (Wildman–Crippen LogP) is -1.00. The van der Waals surface area contributed by atoms with E-state index in [1.165, 1.54) is 0 Å². The molecular formula is CeIn2O2Zn2+9. The number of hydrogen-bond acceptors (Lipinski definition) is 0. The van der Waals surface area contributed by atoms with Gasteiger partial charge in [-0.1, -0.05) is 0 Å². The molecule has 7 heteroatoms. The van der Waals surface area contributed by atoms with Gasteiger partial charge in [0, 0.05) is 0 Å². The summed E-state index contributed by atoms with van der Waals surface area (Å²) in [5, 5.41) is 0. The van der Waals surface area contributed by atoms with Gasteiger partial charge in [0.1, 0.15) is 0 Å². The predicted molar refractivity (Wildman–Crippen MR) is 12.9 cm³/mol. The second-order valence-corrected chi connectivity index (χ2v) is 0. The molecule has 1 radical (unpaired) electrons. The van der Waals surface area contributed by atoms with E-state index in [2.05, 4.69) is 0 Å². The largest absolute Gasteiger partial charge is 3.00 e. The molecule has 0 rings (SSSR count). The summed E-state index contributed by atoms with van der Waals surface area (Å²) >= 11 is 0. The monoisotopic (exact) mass is 530 g/mol. The van der Waals surface area contributed by atoms with Crippen LogP contribution in [0, 0.1) is 41.7 Å². The van der Waals surface area contributed by atoms with Crippen LogP contribution in [0.15, 0.2) is 0 Å². The van der Waals surface area contributed by atoms with Crippen LogP contribution in [0.5, 0.6) is 0 Å². The summed E-state index contributed by atoms with van der Waals surface area (Å²) in [7, 11) is 0. The molecule has 0 bridgehead atoms. The van der Waals surface area contributed by atoms with Gasteiger partial charge >= 0.3 is 132 Å². The first-order valence-corrected chi connectivity index (χ1v) is 0. The molecule has 7 heavy (non-hydrogen) atoms. The van der Waals surface area contributed by atoms with Gasteiger partial charge in [0.05, 0.1) is 0 Å². The Morgan fingerprint density at radius 3 is 0.571 bits per heavy atom. The summed E-state index contributed by atoms with van der Waals surface area (Å²) in [5.74, 6) is 0. The fourth-order valence-corrected chi connectivity index (χ4v) is 0. The molecule has 0 amide bonds. The van der Waals surface area contributed by atoms with Crippen molar-refractivity contribution in [3.63, 3.8) is 0 Å². The molecule has 0 unspecified atom stereocenters. The maximum atomic E-state index is 0. The van der Waals surface area contributed by atoms with Gasteiger partial charge in [-0.05, 0) is 0 Å². The van der Waals surface area contributed by atoms with E-state index in [1.807, 2.05) is 0 Å². The van der Waals surface area contributed by atoms with Gasteiger partial charge < -0.3 is 11.0 Å². The average Bonchev–Trinajstić information content (AvgIpc) is 0. The van der Waals surface area contributed by atoms with Crippen molar-refractivity contribution in [2.45, 2.75) is 0 Å². The van der Waals surface area contributed by atoms with Crippen molar-refractivity contribution < 1.29 is 91.7 Å². The molecule has 0 aliphatic heterocycles. The second-order valence-electron chi connectivity index (χ2n) is 0. The standard InChI is InChI=1S/Ce.2In.2O.2Zn/q3*+3;2*-2;2*+2. The minimum Gasteiger partial charge on any atom is -2.00 e. The molecule has 0 aromatic carbocycles. The Kier molecular flexibility index (Phi) is 449. The fraction of sp³-hybridized carbons (Fsp3) is 0. The van der Waals surface area contributed by atoms with E-state index in [1.54, 1.807) is 0 Å². The SMILES string of the molecule is [Ce+3].[In+3].[In+3].[O-2].[O-2].[Zn+2].[Zn+2]. The van der Waals surface area contributed by atoms with Crippen molar-refractivity contribution in [1.29, 1.82) is 0 Å². The third-order valence-electron chi connectivity index (χ3n) is 0. The molecule has 0 heterocycles. The number of hydrogen-bond donors (Lipinski definition) is 0. The summed E-state index contributed by atoms with van der Waals surface area (Å²) in [6.45, 7) is 0. The van der Waals surface area contributed by atoms with Crippen LogP contribution in [0.2, 0.25) is 0 Å². The first-order chi connectivity index (χ1) is 0. The van der Waals surface area contributed by atoms with Gasteiger partial charge in [-0.2, -0.15) is 0 Å². The molecular weight excluding hydrogens is 533 g/mol. The third-order valence-corrected chi connectivity index (χ3v) is 0. The van der Waals surface area contributed by atoms with Gasteiger partial charge in [0.15, 0.2) is 0 Å². The van der Waals surface area contributed by atoms with E-state index in [4.69, 9.17) is 0 Å². The fourth-order valence-electron chi connectivity index (χ4n) is 0. The normalized spacial score (nSPS) is 0. The van der Waals surface area contributed by atoms with E-state index in [0.717, 1.165) is 0 Å². The van der Waals surface area contributed by atoms with Gasteiger partial charge in [-0.15, -0.1) is 0 Å².